The van der Waals surface area contributed by atoms with Gasteiger partial charge in [0.15, 0.2) is 0 Å². The van der Waals surface area contributed by atoms with Crippen molar-refractivity contribution in [2.45, 2.75) is 32.9 Å². The number of aliphatic hydroxyl groups excluding tert-OH is 1. The summed E-state index contributed by atoms with van der Waals surface area (Å²) < 4.78 is 1.21. The van der Waals surface area contributed by atoms with E-state index in [0.29, 0.717) is 6.54 Å². The summed E-state index contributed by atoms with van der Waals surface area (Å²) in [5, 5.41) is 15.0. The zero-order valence-corrected chi connectivity index (χ0v) is 14.4. The van der Waals surface area contributed by atoms with Crippen LogP contribution in [0, 0.1) is 13.8 Å². The van der Waals surface area contributed by atoms with Gasteiger partial charge in [-0.05, 0) is 38.3 Å². The van der Waals surface area contributed by atoms with E-state index in [1.54, 1.807) is 11.3 Å². The summed E-state index contributed by atoms with van der Waals surface area (Å²) in [5.74, 6) is 0.781. The molecule has 0 spiro atoms. The average molecular weight is 327 g/mol. The van der Waals surface area contributed by atoms with Crippen molar-refractivity contribution in [1.82, 2.24) is 15.3 Å². The van der Waals surface area contributed by atoms with Gasteiger partial charge in [-0.25, -0.2) is 9.97 Å². The van der Waals surface area contributed by atoms with Gasteiger partial charge in [-0.3, -0.25) is 0 Å². The van der Waals surface area contributed by atoms with Gasteiger partial charge in [-0.1, -0.05) is 18.2 Å². The monoisotopic (exact) mass is 327 g/mol. The van der Waals surface area contributed by atoms with E-state index in [0.717, 1.165) is 22.0 Å². The van der Waals surface area contributed by atoms with E-state index in [1.165, 1.54) is 10.1 Å². The summed E-state index contributed by atoms with van der Waals surface area (Å²) in [6, 6.07) is 10.4. The molecule has 0 aliphatic rings. The van der Waals surface area contributed by atoms with Crippen molar-refractivity contribution in [3.63, 3.8) is 0 Å². The first-order chi connectivity index (χ1) is 11.0. The molecule has 0 bridgehead atoms. The molecule has 0 saturated heterocycles. The van der Waals surface area contributed by atoms with Gasteiger partial charge in [0.2, 0.25) is 0 Å². The van der Waals surface area contributed by atoms with Crippen molar-refractivity contribution >= 4 is 21.4 Å². The third-order valence-corrected chi connectivity index (χ3v) is 5.21. The molecule has 0 aliphatic carbocycles. The number of nitrogens with zero attached hydrogens (tertiary/aromatic N) is 2. The Morgan fingerprint density at radius 2 is 2.04 bits per heavy atom. The van der Waals surface area contributed by atoms with Crippen LogP contribution in [0.3, 0.4) is 0 Å². The molecule has 1 aromatic carbocycles. The summed E-state index contributed by atoms with van der Waals surface area (Å²) in [5.41, 5.74) is 2.05. The van der Waals surface area contributed by atoms with E-state index in [-0.39, 0.29) is 6.04 Å². The van der Waals surface area contributed by atoms with Gasteiger partial charge in [0.25, 0.3) is 0 Å². The largest absolute Gasteiger partial charge is 0.386 e. The molecule has 2 N–H and O–H groups in total. The molecular formula is C18H21N3OS. The summed E-state index contributed by atoms with van der Waals surface area (Å²) in [4.78, 5) is 9.65. The van der Waals surface area contributed by atoms with Crippen LogP contribution in [0.5, 0.6) is 0 Å². The van der Waals surface area contributed by atoms with Crippen molar-refractivity contribution in [3.8, 4) is 0 Å². The zero-order chi connectivity index (χ0) is 16.4. The maximum Gasteiger partial charge on any atom is 0.125 e. The fraction of sp³-hybridized carbons (Fsp3) is 0.333. The molecule has 2 heterocycles. The fourth-order valence-electron chi connectivity index (χ4n) is 2.68. The summed E-state index contributed by atoms with van der Waals surface area (Å²) >= 11 is 1.64. The molecule has 0 amide bonds. The lowest BCUT2D eigenvalue weighted by atomic mass is 10.1. The van der Waals surface area contributed by atoms with Crippen molar-refractivity contribution in [2.75, 3.05) is 6.54 Å². The molecule has 3 aromatic rings. The van der Waals surface area contributed by atoms with Crippen molar-refractivity contribution in [2.24, 2.45) is 0 Å². The van der Waals surface area contributed by atoms with Crippen LogP contribution >= 0.6 is 11.3 Å². The Kier molecular flexibility index (Phi) is 4.71. The fourth-order valence-corrected chi connectivity index (χ4v) is 3.73. The molecule has 0 aliphatic heterocycles. The first-order valence-corrected chi connectivity index (χ1v) is 8.56. The minimum atomic E-state index is -0.512. The standard InChI is InChI=1S/C18H21N3OS/c1-11(15-9-20-13(3)21-12(15)2)19-10-16(22)18-8-14-6-4-5-7-17(14)23-18/h4-9,11,16,19,22H,10H2,1-3H3. The smallest absolute Gasteiger partial charge is 0.125 e. The highest BCUT2D eigenvalue weighted by atomic mass is 32.1. The second-order valence-electron chi connectivity index (χ2n) is 5.79. The molecule has 120 valence electrons. The van der Waals surface area contributed by atoms with Gasteiger partial charge in [0.05, 0.1) is 0 Å². The molecule has 4 nitrogen and oxygen atoms in total. The molecular weight excluding hydrogens is 306 g/mol. The number of aromatic nitrogens is 2. The van der Waals surface area contributed by atoms with E-state index >= 15 is 0 Å². The van der Waals surface area contributed by atoms with E-state index in [2.05, 4.69) is 40.4 Å². The van der Waals surface area contributed by atoms with Gasteiger partial charge < -0.3 is 10.4 Å². The lowest BCUT2D eigenvalue weighted by molar-refractivity contribution is 0.174. The van der Waals surface area contributed by atoms with Crippen LogP contribution in [0.4, 0.5) is 0 Å². The molecule has 2 atom stereocenters. The topological polar surface area (TPSA) is 58.0 Å². The highest BCUT2D eigenvalue weighted by molar-refractivity contribution is 7.19. The molecule has 2 unspecified atom stereocenters. The molecule has 2 aromatic heterocycles. The Morgan fingerprint density at radius 1 is 1.26 bits per heavy atom. The highest BCUT2D eigenvalue weighted by Gasteiger charge is 2.15. The lowest BCUT2D eigenvalue weighted by Gasteiger charge is -2.18. The van der Waals surface area contributed by atoms with Crippen LogP contribution in [0.1, 0.15) is 41.0 Å². The first-order valence-electron chi connectivity index (χ1n) is 7.74. The minimum Gasteiger partial charge on any atom is -0.386 e. The van der Waals surface area contributed by atoms with Crippen LogP contribution in [0.25, 0.3) is 10.1 Å². The molecule has 23 heavy (non-hydrogen) atoms. The van der Waals surface area contributed by atoms with Gasteiger partial charge in [0, 0.05) is 39.6 Å². The second kappa shape index (κ2) is 6.74. The number of thiophene rings is 1. The maximum atomic E-state index is 10.4. The number of nitrogens with one attached hydrogen (secondary N) is 1. The highest BCUT2D eigenvalue weighted by Crippen LogP contribution is 2.29. The number of hydrogen-bond donors (Lipinski definition) is 2. The maximum absolute atomic E-state index is 10.4. The van der Waals surface area contributed by atoms with Gasteiger partial charge >= 0.3 is 0 Å². The van der Waals surface area contributed by atoms with Gasteiger partial charge in [0.1, 0.15) is 11.9 Å². The normalized spacial score (nSPS) is 14.1. The minimum absolute atomic E-state index is 0.0969. The molecule has 5 heteroatoms. The van der Waals surface area contributed by atoms with Gasteiger partial charge in [-0.2, -0.15) is 0 Å². The Bertz CT molecular complexity index is 782. The molecule has 0 fully saturated rings. The molecule has 0 saturated carbocycles. The predicted molar refractivity (Wildman–Crippen MR) is 94.7 cm³/mol. The molecule has 0 radical (unpaired) electrons. The van der Waals surface area contributed by atoms with Crippen molar-refractivity contribution in [1.29, 1.82) is 0 Å². The first kappa shape index (κ1) is 16.1. The SMILES string of the molecule is Cc1ncc(C(C)NCC(O)c2cc3ccccc3s2)c(C)n1. The van der Waals surface area contributed by atoms with E-state index in [9.17, 15) is 5.11 Å². The quantitative estimate of drug-likeness (QED) is 0.750. The van der Waals surface area contributed by atoms with E-state index in [4.69, 9.17) is 0 Å². The number of benzene rings is 1. The number of aliphatic hydroxyl groups is 1. The number of rotatable bonds is 5. The van der Waals surface area contributed by atoms with Crippen LogP contribution in [-0.4, -0.2) is 21.6 Å². The summed E-state index contributed by atoms with van der Waals surface area (Å²) in [6.07, 6.45) is 1.35. The predicted octanol–water partition coefficient (Wildman–Crippen LogP) is 3.69. The van der Waals surface area contributed by atoms with Crippen LogP contribution in [0.15, 0.2) is 36.5 Å². The van der Waals surface area contributed by atoms with Crippen LogP contribution in [-0.2, 0) is 0 Å². The number of fused-ring (bicyclic) bond motifs is 1. The Labute approximate surface area is 140 Å². The zero-order valence-electron chi connectivity index (χ0n) is 13.6. The second-order valence-corrected chi connectivity index (χ2v) is 6.91. The molecule has 3 rings (SSSR count). The average Bonchev–Trinajstić information content (AvgIpc) is 2.96. The lowest BCUT2D eigenvalue weighted by Crippen LogP contribution is -2.25. The number of hydrogen-bond acceptors (Lipinski definition) is 5. The summed E-state index contributed by atoms with van der Waals surface area (Å²) in [7, 11) is 0. The van der Waals surface area contributed by atoms with Crippen molar-refractivity contribution < 1.29 is 5.11 Å². The van der Waals surface area contributed by atoms with Crippen LogP contribution in [0.2, 0.25) is 0 Å². The Morgan fingerprint density at radius 3 is 2.78 bits per heavy atom. The number of aryl methyl sites for hydroxylation is 2. The van der Waals surface area contributed by atoms with E-state index < -0.39 is 6.10 Å². The third-order valence-electron chi connectivity index (χ3n) is 3.99. The Balaban J connectivity index is 1.67. The summed E-state index contributed by atoms with van der Waals surface area (Å²) in [6.45, 7) is 6.45. The third kappa shape index (κ3) is 3.58. The van der Waals surface area contributed by atoms with E-state index in [1.807, 2.05) is 32.2 Å². The van der Waals surface area contributed by atoms with Crippen LogP contribution < -0.4 is 5.32 Å². The van der Waals surface area contributed by atoms with Crippen molar-refractivity contribution in [3.05, 3.63) is 58.5 Å². The van der Waals surface area contributed by atoms with Gasteiger partial charge in [-0.15, -0.1) is 11.3 Å². The Hall–Kier alpha value is -1.82.